The van der Waals surface area contributed by atoms with Crippen LogP contribution in [-0.4, -0.2) is 27.3 Å². The molecule has 0 saturated heterocycles. The van der Waals surface area contributed by atoms with Crippen LogP contribution in [0.1, 0.15) is 0 Å². The smallest absolute Gasteiger partial charge is 0.125 e. The Morgan fingerprint density at radius 1 is 0.607 bits per heavy atom. The fourth-order valence-corrected chi connectivity index (χ4v) is 2.99. The van der Waals surface area contributed by atoms with Gasteiger partial charge in [-0.1, -0.05) is 24.3 Å². The molecule has 0 atom stereocenters. The molecule has 0 amide bonds. The van der Waals surface area contributed by atoms with Crippen LogP contribution in [-0.2, 0) is 0 Å². The minimum absolute atomic E-state index is 0.126. The SMILES string of the molecule is COc1ccc(O)c(-c2cccc(-c3cccc(-c4ccccc4O)n3)n2)c1. The molecular formula is C23H18N2O3. The summed E-state index contributed by atoms with van der Waals surface area (Å²) < 4.78 is 5.25. The van der Waals surface area contributed by atoms with Crippen molar-refractivity contribution in [2.75, 3.05) is 7.11 Å². The number of para-hydroxylation sites is 1. The standard InChI is InChI=1S/C23H18N2O3/c1-28-15-12-13-23(27)17(14-15)19-8-5-10-21(25-19)20-9-4-7-18(24-20)16-6-2-3-11-22(16)26/h2-14,26-27H,1H3. The maximum atomic E-state index is 10.2. The number of methoxy groups -OCH3 is 1. The van der Waals surface area contributed by atoms with E-state index in [9.17, 15) is 10.2 Å². The van der Waals surface area contributed by atoms with Crippen LogP contribution in [0.25, 0.3) is 33.9 Å². The maximum Gasteiger partial charge on any atom is 0.125 e. The monoisotopic (exact) mass is 370 g/mol. The molecule has 138 valence electrons. The molecule has 5 nitrogen and oxygen atoms in total. The lowest BCUT2D eigenvalue weighted by Gasteiger charge is -2.09. The normalized spacial score (nSPS) is 10.6. The molecule has 0 aliphatic rings. The Labute approximate surface area is 162 Å². The number of benzene rings is 2. The molecule has 0 fully saturated rings. The highest BCUT2D eigenvalue weighted by molar-refractivity contribution is 5.72. The maximum absolute atomic E-state index is 10.2. The van der Waals surface area contributed by atoms with E-state index in [1.54, 1.807) is 37.4 Å². The lowest BCUT2D eigenvalue weighted by Crippen LogP contribution is -1.93. The summed E-state index contributed by atoms with van der Waals surface area (Å²) in [5, 5.41) is 20.3. The molecule has 0 unspecified atom stereocenters. The zero-order chi connectivity index (χ0) is 19.5. The zero-order valence-electron chi connectivity index (χ0n) is 15.2. The van der Waals surface area contributed by atoms with Gasteiger partial charge in [-0.2, -0.15) is 0 Å². The fraction of sp³-hybridized carbons (Fsp3) is 0.0435. The van der Waals surface area contributed by atoms with Crippen LogP contribution in [0, 0.1) is 0 Å². The number of hydrogen-bond donors (Lipinski definition) is 2. The van der Waals surface area contributed by atoms with Crippen molar-refractivity contribution in [2.45, 2.75) is 0 Å². The zero-order valence-corrected chi connectivity index (χ0v) is 15.2. The highest BCUT2D eigenvalue weighted by atomic mass is 16.5. The molecule has 2 N–H and O–H groups in total. The Kier molecular flexibility index (Phi) is 4.64. The highest BCUT2D eigenvalue weighted by Crippen LogP contribution is 2.33. The van der Waals surface area contributed by atoms with Crippen LogP contribution in [0.3, 0.4) is 0 Å². The van der Waals surface area contributed by atoms with Gasteiger partial charge in [-0.05, 0) is 54.6 Å². The lowest BCUT2D eigenvalue weighted by molar-refractivity contribution is 0.412. The van der Waals surface area contributed by atoms with Crippen molar-refractivity contribution in [2.24, 2.45) is 0 Å². The summed E-state index contributed by atoms with van der Waals surface area (Å²) in [6.07, 6.45) is 0. The van der Waals surface area contributed by atoms with Gasteiger partial charge in [-0.3, -0.25) is 0 Å². The Morgan fingerprint density at radius 2 is 1.18 bits per heavy atom. The third kappa shape index (κ3) is 3.38. The molecule has 2 aromatic heterocycles. The summed E-state index contributed by atoms with van der Waals surface area (Å²) in [5.74, 6) is 0.941. The second-order valence-corrected chi connectivity index (χ2v) is 6.22. The van der Waals surface area contributed by atoms with E-state index in [0.717, 1.165) is 0 Å². The van der Waals surface area contributed by atoms with E-state index < -0.39 is 0 Å². The van der Waals surface area contributed by atoms with Gasteiger partial charge in [0.2, 0.25) is 0 Å². The molecule has 4 aromatic rings. The molecule has 2 aromatic carbocycles. The number of phenolic OH excluding ortho intramolecular Hbond substituents is 2. The topological polar surface area (TPSA) is 75.5 Å². The van der Waals surface area contributed by atoms with Crippen LogP contribution >= 0.6 is 0 Å². The summed E-state index contributed by atoms with van der Waals surface area (Å²) in [4.78, 5) is 9.32. The number of aromatic nitrogens is 2. The molecule has 2 heterocycles. The third-order valence-corrected chi connectivity index (χ3v) is 4.42. The Morgan fingerprint density at radius 3 is 1.82 bits per heavy atom. The summed E-state index contributed by atoms with van der Waals surface area (Å²) in [6, 6.07) is 23.2. The molecule has 0 bridgehead atoms. The molecule has 0 spiro atoms. The summed E-state index contributed by atoms with van der Waals surface area (Å²) in [5.41, 5.74) is 3.85. The van der Waals surface area contributed by atoms with Gasteiger partial charge < -0.3 is 14.9 Å². The van der Waals surface area contributed by atoms with Crippen LogP contribution in [0.2, 0.25) is 0 Å². The van der Waals surface area contributed by atoms with Crippen molar-refractivity contribution in [3.63, 3.8) is 0 Å². The number of phenols is 2. The van der Waals surface area contributed by atoms with Gasteiger partial charge in [0.05, 0.1) is 29.9 Å². The van der Waals surface area contributed by atoms with Crippen LogP contribution in [0.5, 0.6) is 17.2 Å². The van der Waals surface area contributed by atoms with Gasteiger partial charge in [-0.25, -0.2) is 9.97 Å². The molecule has 0 aliphatic heterocycles. The van der Waals surface area contributed by atoms with Gasteiger partial charge >= 0.3 is 0 Å². The predicted molar refractivity (Wildman–Crippen MR) is 108 cm³/mol. The van der Waals surface area contributed by atoms with Crippen molar-refractivity contribution >= 4 is 0 Å². The fourth-order valence-electron chi connectivity index (χ4n) is 2.99. The first-order valence-corrected chi connectivity index (χ1v) is 8.76. The average Bonchev–Trinajstić information content (AvgIpc) is 2.75. The molecular weight excluding hydrogens is 352 g/mol. The van der Waals surface area contributed by atoms with E-state index in [0.29, 0.717) is 39.7 Å². The van der Waals surface area contributed by atoms with Gasteiger partial charge in [0, 0.05) is 11.1 Å². The van der Waals surface area contributed by atoms with E-state index in [4.69, 9.17) is 4.74 Å². The first-order chi connectivity index (χ1) is 13.7. The third-order valence-electron chi connectivity index (χ3n) is 4.42. The Hall–Kier alpha value is -3.86. The van der Waals surface area contributed by atoms with E-state index in [2.05, 4.69) is 9.97 Å². The molecule has 28 heavy (non-hydrogen) atoms. The van der Waals surface area contributed by atoms with Crippen molar-refractivity contribution in [1.82, 2.24) is 9.97 Å². The number of nitrogens with zero attached hydrogens (tertiary/aromatic N) is 2. The largest absolute Gasteiger partial charge is 0.507 e. The average molecular weight is 370 g/mol. The molecule has 0 aliphatic carbocycles. The molecule has 0 saturated carbocycles. The van der Waals surface area contributed by atoms with Gasteiger partial charge in [0.15, 0.2) is 0 Å². The molecule has 5 heteroatoms. The Balaban J connectivity index is 1.77. The summed E-state index contributed by atoms with van der Waals surface area (Å²) in [6.45, 7) is 0. The highest BCUT2D eigenvalue weighted by Gasteiger charge is 2.11. The quantitative estimate of drug-likeness (QED) is 0.534. The van der Waals surface area contributed by atoms with Crippen LogP contribution in [0.15, 0.2) is 78.9 Å². The number of rotatable bonds is 4. The van der Waals surface area contributed by atoms with Gasteiger partial charge in [0.1, 0.15) is 17.2 Å². The number of ether oxygens (including phenoxy) is 1. The first-order valence-electron chi connectivity index (χ1n) is 8.76. The number of aromatic hydroxyl groups is 2. The van der Waals surface area contributed by atoms with Crippen molar-refractivity contribution < 1.29 is 14.9 Å². The van der Waals surface area contributed by atoms with Crippen molar-refractivity contribution in [1.29, 1.82) is 0 Å². The van der Waals surface area contributed by atoms with Crippen LogP contribution in [0.4, 0.5) is 0 Å². The van der Waals surface area contributed by atoms with E-state index in [1.165, 1.54) is 0 Å². The molecule has 0 radical (unpaired) electrons. The second kappa shape index (κ2) is 7.40. The molecule has 4 rings (SSSR count). The lowest BCUT2D eigenvalue weighted by atomic mass is 10.1. The summed E-state index contributed by atoms with van der Waals surface area (Å²) in [7, 11) is 1.58. The Bertz CT molecular complexity index is 1140. The minimum atomic E-state index is 0.126. The number of hydrogen-bond acceptors (Lipinski definition) is 5. The van der Waals surface area contributed by atoms with E-state index in [-0.39, 0.29) is 11.5 Å². The first kappa shape index (κ1) is 17.5. The van der Waals surface area contributed by atoms with Crippen molar-refractivity contribution in [3.05, 3.63) is 78.9 Å². The minimum Gasteiger partial charge on any atom is -0.507 e. The van der Waals surface area contributed by atoms with Crippen molar-refractivity contribution in [3.8, 4) is 51.2 Å². The number of pyridine rings is 2. The summed E-state index contributed by atoms with van der Waals surface area (Å²) >= 11 is 0. The van der Waals surface area contributed by atoms with Gasteiger partial charge in [0.25, 0.3) is 0 Å². The van der Waals surface area contributed by atoms with E-state index >= 15 is 0 Å². The predicted octanol–water partition coefficient (Wildman–Crippen LogP) is 4.90. The van der Waals surface area contributed by atoms with Crippen LogP contribution < -0.4 is 4.74 Å². The second-order valence-electron chi connectivity index (χ2n) is 6.22. The van der Waals surface area contributed by atoms with Gasteiger partial charge in [-0.15, -0.1) is 0 Å². The van der Waals surface area contributed by atoms with E-state index in [1.807, 2.05) is 48.5 Å².